The van der Waals surface area contributed by atoms with Crippen LogP contribution in [0.15, 0.2) is 41.1 Å². The second kappa shape index (κ2) is 5.05. The lowest BCUT2D eigenvalue weighted by molar-refractivity contribution is 0.102. The summed E-state index contributed by atoms with van der Waals surface area (Å²) < 4.78 is 0.738. The largest absolute Gasteiger partial charge is 0.304 e. The Morgan fingerprint density at radius 3 is 2.65 bits per heavy atom. The van der Waals surface area contributed by atoms with Crippen LogP contribution in [0.5, 0.6) is 0 Å². The second-order valence-corrected chi connectivity index (χ2v) is 4.31. The molecule has 0 aliphatic rings. The highest BCUT2D eigenvalue weighted by atomic mass is 79.9. The molecule has 0 radical (unpaired) electrons. The molecular formula is C12H10BrN3O. The number of aromatic nitrogens is 2. The topological polar surface area (TPSA) is 54.9 Å². The third-order valence-electron chi connectivity index (χ3n) is 2.21. The quantitative estimate of drug-likeness (QED) is 0.926. The average Bonchev–Trinajstić information content (AvgIpc) is 2.32. The number of anilines is 1. The van der Waals surface area contributed by atoms with Gasteiger partial charge in [-0.1, -0.05) is 6.07 Å². The molecule has 5 heteroatoms. The summed E-state index contributed by atoms with van der Waals surface area (Å²) in [6.45, 7) is 1.84. The third-order valence-corrected chi connectivity index (χ3v) is 2.85. The molecule has 2 aromatic rings. The first-order chi connectivity index (χ1) is 8.18. The third kappa shape index (κ3) is 2.68. The standard InChI is InChI=1S/C12H10BrN3O/c1-8-4-2-6-14-10(8)12(17)16-11-9(13)5-3-7-15-11/h2-7H,1H3,(H,15,16,17). The summed E-state index contributed by atoms with van der Waals surface area (Å²) in [5, 5.41) is 2.71. The van der Waals surface area contributed by atoms with E-state index in [1.807, 2.05) is 19.1 Å². The number of nitrogens with one attached hydrogen (secondary N) is 1. The van der Waals surface area contributed by atoms with E-state index in [0.717, 1.165) is 10.0 Å². The maximum absolute atomic E-state index is 12.0. The van der Waals surface area contributed by atoms with Crippen LogP contribution in [0, 0.1) is 6.92 Å². The van der Waals surface area contributed by atoms with Crippen LogP contribution in [-0.2, 0) is 0 Å². The molecule has 0 aromatic carbocycles. The van der Waals surface area contributed by atoms with Crippen LogP contribution in [0.2, 0.25) is 0 Å². The minimum Gasteiger partial charge on any atom is -0.304 e. The van der Waals surface area contributed by atoms with Crippen LogP contribution >= 0.6 is 15.9 Å². The van der Waals surface area contributed by atoms with Crippen LogP contribution in [0.25, 0.3) is 0 Å². The number of amides is 1. The summed E-state index contributed by atoms with van der Waals surface area (Å²) in [5.74, 6) is 0.227. The van der Waals surface area contributed by atoms with Crippen molar-refractivity contribution in [3.8, 4) is 0 Å². The summed E-state index contributed by atoms with van der Waals surface area (Å²) in [5.41, 5.74) is 1.24. The molecule has 86 valence electrons. The zero-order chi connectivity index (χ0) is 12.3. The Morgan fingerprint density at radius 1 is 1.24 bits per heavy atom. The molecule has 2 aromatic heterocycles. The lowest BCUT2D eigenvalue weighted by Crippen LogP contribution is -2.16. The molecule has 1 amide bonds. The minimum atomic E-state index is -0.262. The zero-order valence-corrected chi connectivity index (χ0v) is 10.7. The molecule has 0 aliphatic carbocycles. The van der Waals surface area contributed by atoms with Gasteiger partial charge in [0, 0.05) is 12.4 Å². The highest BCUT2D eigenvalue weighted by molar-refractivity contribution is 9.10. The van der Waals surface area contributed by atoms with Gasteiger partial charge in [0.2, 0.25) is 0 Å². The summed E-state index contributed by atoms with van der Waals surface area (Å²) in [6, 6.07) is 7.23. The van der Waals surface area contributed by atoms with Crippen molar-refractivity contribution in [1.82, 2.24) is 9.97 Å². The van der Waals surface area contributed by atoms with E-state index in [1.54, 1.807) is 24.5 Å². The molecule has 0 saturated heterocycles. The molecule has 0 spiro atoms. The first-order valence-electron chi connectivity index (χ1n) is 5.02. The number of carbonyl (C=O) groups is 1. The molecule has 17 heavy (non-hydrogen) atoms. The lowest BCUT2D eigenvalue weighted by Gasteiger charge is -2.06. The van der Waals surface area contributed by atoms with Gasteiger partial charge in [0.25, 0.3) is 5.91 Å². The zero-order valence-electron chi connectivity index (χ0n) is 9.14. The molecule has 2 rings (SSSR count). The fourth-order valence-electron chi connectivity index (χ4n) is 1.37. The fraction of sp³-hybridized carbons (Fsp3) is 0.0833. The maximum atomic E-state index is 12.0. The van der Waals surface area contributed by atoms with Gasteiger partial charge in [-0.05, 0) is 46.6 Å². The highest BCUT2D eigenvalue weighted by Gasteiger charge is 2.12. The number of aryl methyl sites for hydroxylation is 1. The number of carbonyl (C=O) groups excluding carboxylic acids is 1. The van der Waals surface area contributed by atoms with E-state index in [2.05, 4.69) is 31.2 Å². The van der Waals surface area contributed by atoms with E-state index in [4.69, 9.17) is 0 Å². The van der Waals surface area contributed by atoms with Gasteiger partial charge in [0.15, 0.2) is 0 Å². The Kier molecular flexibility index (Phi) is 3.49. The summed E-state index contributed by atoms with van der Waals surface area (Å²) >= 11 is 3.32. The Hall–Kier alpha value is -1.75. The predicted molar refractivity (Wildman–Crippen MR) is 68.9 cm³/mol. The number of hydrogen-bond acceptors (Lipinski definition) is 3. The van der Waals surface area contributed by atoms with E-state index in [9.17, 15) is 4.79 Å². The Labute approximate surface area is 107 Å². The molecule has 0 fully saturated rings. The van der Waals surface area contributed by atoms with Crippen LogP contribution in [0.4, 0.5) is 5.82 Å². The number of pyridine rings is 2. The SMILES string of the molecule is Cc1cccnc1C(=O)Nc1ncccc1Br. The molecule has 0 aliphatic heterocycles. The van der Waals surface area contributed by atoms with Gasteiger partial charge >= 0.3 is 0 Å². The molecular weight excluding hydrogens is 282 g/mol. The summed E-state index contributed by atoms with van der Waals surface area (Å²) in [7, 11) is 0. The van der Waals surface area contributed by atoms with Gasteiger partial charge in [-0.15, -0.1) is 0 Å². The van der Waals surface area contributed by atoms with Gasteiger partial charge in [0.05, 0.1) is 4.47 Å². The van der Waals surface area contributed by atoms with Crippen molar-refractivity contribution >= 4 is 27.7 Å². The monoisotopic (exact) mass is 291 g/mol. The van der Waals surface area contributed by atoms with Gasteiger partial charge in [0.1, 0.15) is 11.5 Å². The van der Waals surface area contributed by atoms with Crippen molar-refractivity contribution < 1.29 is 4.79 Å². The van der Waals surface area contributed by atoms with E-state index < -0.39 is 0 Å². The van der Waals surface area contributed by atoms with Gasteiger partial charge in [-0.25, -0.2) is 4.98 Å². The Morgan fingerprint density at radius 2 is 1.94 bits per heavy atom. The molecule has 0 unspecified atom stereocenters. The first kappa shape index (κ1) is 11.7. The van der Waals surface area contributed by atoms with Crippen molar-refractivity contribution in [2.45, 2.75) is 6.92 Å². The lowest BCUT2D eigenvalue weighted by atomic mass is 10.2. The van der Waals surface area contributed by atoms with Crippen LogP contribution in [0.3, 0.4) is 0 Å². The number of nitrogens with zero attached hydrogens (tertiary/aromatic N) is 2. The highest BCUT2D eigenvalue weighted by Crippen LogP contribution is 2.19. The maximum Gasteiger partial charge on any atom is 0.275 e. The van der Waals surface area contributed by atoms with Crippen molar-refractivity contribution in [1.29, 1.82) is 0 Å². The van der Waals surface area contributed by atoms with Gasteiger partial charge < -0.3 is 5.32 Å². The van der Waals surface area contributed by atoms with Crippen molar-refractivity contribution in [3.63, 3.8) is 0 Å². The van der Waals surface area contributed by atoms with E-state index in [-0.39, 0.29) is 5.91 Å². The molecule has 1 N–H and O–H groups in total. The second-order valence-electron chi connectivity index (χ2n) is 3.46. The average molecular weight is 292 g/mol. The van der Waals surface area contributed by atoms with Gasteiger partial charge in [-0.3, -0.25) is 9.78 Å². The van der Waals surface area contributed by atoms with Crippen molar-refractivity contribution in [2.75, 3.05) is 5.32 Å². The molecule has 0 atom stereocenters. The predicted octanol–water partition coefficient (Wildman–Crippen LogP) is 2.80. The van der Waals surface area contributed by atoms with Crippen molar-refractivity contribution in [2.24, 2.45) is 0 Å². The smallest absolute Gasteiger partial charge is 0.275 e. The van der Waals surface area contributed by atoms with Crippen LogP contribution in [-0.4, -0.2) is 15.9 Å². The Bertz CT molecular complexity index is 557. The van der Waals surface area contributed by atoms with E-state index in [0.29, 0.717) is 11.5 Å². The summed E-state index contributed by atoms with van der Waals surface area (Å²) in [6.07, 6.45) is 3.21. The molecule has 0 saturated carbocycles. The first-order valence-corrected chi connectivity index (χ1v) is 5.81. The normalized spacial score (nSPS) is 10.0. The Balaban J connectivity index is 2.24. The van der Waals surface area contributed by atoms with Gasteiger partial charge in [-0.2, -0.15) is 0 Å². The van der Waals surface area contributed by atoms with Crippen molar-refractivity contribution in [3.05, 3.63) is 52.4 Å². The molecule has 4 nitrogen and oxygen atoms in total. The number of halogens is 1. The van der Waals surface area contributed by atoms with E-state index >= 15 is 0 Å². The minimum absolute atomic E-state index is 0.262. The van der Waals surface area contributed by atoms with Crippen LogP contribution in [0.1, 0.15) is 16.1 Å². The fourth-order valence-corrected chi connectivity index (χ4v) is 1.72. The number of rotatable bonds is 2. The summed E-state index contributed by atoms with van der Waals surface area (Å²) in [4.78, 5) is 20.1. The molecule has 2 heterocycles. The van der Waals surface area contributed by atoms with Crippen LogP contribution < -0.4 is 5.32 Å². The molecule has 0 bridgehead atoms. The number of hydrogen-bond donors (Lipinski definition) is 1. The van der Waals surface area contributed by atoms with E-state index in [1.165, 1.54) is 0 Å².